The molecule has 0 bridgehead atoms. The maximum absolute atomic E-state index is 12.5. The first-order valence-electron chi connectivity index (χ1n) is 3.65. The lowest BCUT2D eigenvalue weighted by atomic mass is 10.1. The zero-order valence-electron chi connectivity index (χ0n) is 6.97. The van der Waals surface area contributed by atoms with Gasteiger partial charge in [0.25, 0.3) is 6.43 Å². The first kappa shape index (κ1) is 10.7. The molecule has 0 atom stereocenters. The highest BCUT2D eigenvalue weighted by molar-refractivity contribution is 6.33. The Balaban J connectivity index is 3.31. The molecule has 2 N–H and O–H groups in total. The number of nitrogens with zero attached hydrogens (tertiary/aromatic N) is 2. The lowest BCUT2D eigenvalue weighted by Crippen LogP contribution is -2.02. The summed E-state index contributed by atoms with van der Waals surface area (Å²) in [5, 5.41) is 8.15. The van der Waals surface area contributed by atoms with Gasteiger partial charge in [0.15, 0.2) is 0 Å². The molecule has 0 spiro atoms. The molecule has 6 heteroatoms. The molecule has 1 aromatic heterocycles. The van der Waals surface area contributed by atoms with E-state index >= 15 is 0 Å². The Bertz CT molecular complexity index is 387. The molecule has 0 radical (unpaired) electrons. The molecule has 0 aliphatic heterocycles. The van der Waals surface area contributed by atoms with Crippen molar-refractivity contribution in [2.45, 2.75) is 12.8 Å². The molecular formula is C8H6ClF2N3. The highest BCUT2D eigenvalue weighted by Crippen LogP contribution is 2.33. The lowest BCUT2D eigenvalue weighted by Gasteiger charge is -2.08. The van der Waals surface area contributed by atoms with E-state index in [1.54, 1.807) is 6.07 Å². The number of aromatic nitrogens is 1. The number of rotatable bonds is 2. The van der Waals surface area contributed by atoms with Gasteiger partial charge in [0, 0.05) is 0 Å². The summed E-state index contributed by atoms with van der Waals surface area (Å²) in [5.74, 6) is 0. The Labute approximate surface area is 84.1 Å². The number of nitrogen functional groups attached to an aromatic ring is 1. The maximum atomic E-state index is 12.5. The predicted molar refractivity (Wildman–Crippen MR) is 47.9 cm³/mol. The number of hydrogen-bond donors (Lipinski definition) is 1. The van der Waals surface area contributed by atoms with Crippen LogP contribution in [0.15, 0.2) is 6.20 Å². The SMILES string of the molecule is N#CCc1ncc(N)c(Cl)c1C(F)F. The van der Waals surface area contributed by atoms with Crippen LogP contribution < -0.4 is 5.73 Å². The molecule has 14 heavy (non-hydrogen) atoms. The largest absolute Gasteiger partial charge is 0.396 e. The van der Waals surface area contributed by atoms with Gasteiger partial charge in [0.1, 0.15) is 0 Å². The van der Waals surface area contributed by atoms with E-state index in [0.717, 1.165) is 0 Å². The molecule has 0 saturated carbocycles. The van der Waals surface area contributed by atoms with Gasteiger partial charge in [-0.2, -0.15) is 5.26 Å². The van der Waals surface area contributed by atoms with Crippen LogP contribution >= 0.6 is 11.6 Å². The number of nitriles is 1. The Morgan fingerprint density at radius 3 is 2.79 bits per heavy atom. The second-order valence-corrected chi connectivity index (χ2v) is 2.90. The number of nitrogens with two attached hydrogens (primary N) is 1. The molecule has 74 valence electrons. The van der Waals surface area contributed by atoms with E-state index in [0.29, 0.717) is 0 Å². The van der Waals surface area contributed by atoms with E-state index in [4.69, 9.17) is 22.6 Å². The Hall–Kier alpha value is -1.41. The number of pyridine rings is 1. The van der Waals surface area contributed by atoms with Crippen LogP contribution in [0.25, 0.3) is 0 Å². The molecule has 0 aliphatic carbocycles. The van der Waals surface area contributed by atoms with Gasteiger partial charge in [-0.25, -0.2) is 8.78 Å². The van der Waals surface area contributed by atoms with Crippen molar-refractivity contribution in [3.8, 4) is 6.07 Å². The zero-order valence-corrected chi connectivity index (χ0v) is 7.72. The number of anilines is 1. The smallest absolute Gasteiger partial charge is 0.267 e. The molecule has 0 aromatic carbocycles. The predicted octanol–water partition coefficient (Wildman–Crippen LogP) is 2.32. The van der Waals surface area contributed by atoms with Crippen LogP contribution in [-0.4, -0.2) is 4.98 Å². The van der Waals surface area contributed by atoms with Gasteiger partial charge in [0.05, 0.1) is 40.7 Å². The highest BCUT2D eigenvalue weighted by atomic mass is 35.5. The van der Waals surface area contributed by atoms with Gasteiger partial charge in [-0.15, -0.1) is 0 Å². The molecule has 1 rings (SSSR count). The third-order valence-corrected chi connectivity index (χ3v) is 2.05. The summed E-state index contributed by atoms with van der Waals surface area (Å²) in [6, 6.07) is 1.73. The Morgan fingerprint density at radius 1 is 1.64 bits per heavy atom. The van der Waals surface area contributed by atoms with Gasteiger partial charge in [-0.1, -0.05) is 11.6 Å². The van der Waals surface area contributed by atoms with E-state index in [9.17, 15) is 8.78 Å². The summed E-state index contributed by atoms with van der Waals surface area (Å²) < 4.78 is 25.0. The zero-order chi connectivity index (χ0) is 10.7. The van der Waals surface area contributed by atoms with Gasteiger partial charge >= 0.3 is 0 Å². The van der Waals surface area contributed by atoms with Crippen LogP contribution in [0.2, 0.25) is 5.02 Å². The average molecular weight is 218 g/mol. The summed E-state index contributed by atoms with van der Waals surface area (Å²) in [7, 11) is 0. The summed E-state index contributed by atoms with van der Waals surface area (Å²) in [6.07, 6.45) is -1.82. The van der Waals surface area contributed by atoms with Crippen LogP contribution in [0.5, 0.6) is 0 Å². The van der Waals surface area contributed by atoms with Crippen LogP contribution in [-0.2, 0) is 6.42 Å². The minimum atomic E-state index is -2.78. The van der Waals surface area contributed by atoms with Crippen molar-refractivity contribution in [1.82, 2.24) is 4.98 Å². The monoisotopic (exact) mass is 217 g/mol. The maximum Gasteiger partial charge on any atom is 0.267 e. The fourth-order valence-electron chi connectivity index (χ4n) is 0.993. The van der Waals surface area contributed by atoms with Crippen molar-refractivity contribution in [1.29, 1.82) is 5.26 Å². The second-order valence-electron chi connectivity index (χ2n) is 2.52. The standard InChI is InChI=1S/C8H6ClF2N3/c9-7-4(13)3-14-5(1-2-12)6(7)8(10)11/h3,8H,1,13H2. The lowest BCUT2D eigenvalue weighted by molar-refractivity contribution is 0.150. The molecule has 0 aliphatic rings. The fraction of sp³-hybridized carbons (Fsp3) is 0.250. The molecule has 0 amide bonds. The van der Waals surface area contributed by atoms with Gasteiger partial charge < -0.3 is 5.73 Å². The van der Waals surface area contributed by atoms with Gasteiger partial charge in [-0.05, 0) is 0 Å². The topological polar surface area (TPSA) is 62.7 Å². The highest BCUT2D eigenvalue weighted by Gasteiger charge is 2.19. The van der Waals surface area contributed by atoms with Gasteiger partial charge in [0.2, 0.25) is 0 Å². The van der Waals surface area contributed by atoms with E-state index in [1.165, 1.54) is 6.20 Å². The van der Waals surface area contributed by atoms with Crippen LogP contribution in [0, 0.1) is 11.3 Å². The van der Waals surface area contributed by atoms with Gasteiger partial charge in [-0.3, -0.25) is 4.98 Å². The molecule has 1 heterocycles. The molecular weight excluding hydrogens is 212 g/mol. The van der Waals surface area contributed by atoms with E-state index in [-0.39, 0.29) is 22.8 Å². The average Bonchev–Trinajstić information content (AvgIpc) is 2.11. The Morgan fingerprint density at radius 2 is 2.29 bits per heavy atom. The molecule has 0 saturated heterocycles. The van der Waals surface area contributed by atoms with Crippen LogP contribution in [0.1, 0.15) is 17.7 Å². The van der Waals surface area contributed by atoms with Crippen molar-refractivity contribution >= 4 is 17.3 Å². The third-order valence-electron chi connectivity index (χ3n) is 1.63. The number of halogens is 3. The van der Waals surface area contributed by atoms with Crippen LogP contribution in [0.3, 0.4) is 0 Å². The molecule has 0 fully saturated rings. The minimum absolute atomic E-state index is 0.0105. The second kappa shape index (κ2) is 4.20. The number of alkyl halides is 2. The quantitative estimate of drug-likeness (QED) is 0.827. The van der Waals surface area contributed by atoms with Crippen molar-refractivity contribution in [3.63, 3.8) is 0 Å². The summed E-state index contributed by atoms with van der Waals surface area (Å²) in [5.41, 5.74) is 4.83. The van der Waals surface area contributed by atoms with Crippen molar-refractivity contribution in [2.24, 2.45) is 0 Å². The summed E-state index contributed by atoms with van der Waals surface area (Å²) >= 11 is 5.57. The summed E-state index contributed by atoms with van der Waals surface area (Å²) in [6.45, 7) is 0. The van der Waals surface area contributed by atoms with E-state index in [1.807, 2.05) is 0 Å². The first-order valence-corrected chi connectivity index (χ1v) is 4.03. The van der Waals surface area contributed by atoms with Crippen molar-refractivity contribution in [2.75, 3.05) is 5.73 Å². The molecule has 0 unspecified atom stereocenters. The minimum Gasteiger partial charge on any atom is -0.396 e. The molecule has 3 nitrogen and oxygen atoms in total. The summed E-state index contributed by atoms with van der Waals surface area (Å²) in [4.78, 5) is 3.64. The van der Waals surface area contributed by atoms with Crippen molar-refractivity contribution < 1.29 is 8.78 Å². The van der Waals surface area contributed by atoms with Crippen LogP contribution in [0.4, 0.5) is 14.5 Å². The van der Waals surface area contributed by atoms with E-state index < -0.39 is 12.0 Å². The van der Waals surface area contributed by atoms with E-state index in [2.05, 4.69) is 4.98 Å². The first-order chi connectivity index (χ1) is 6.57. The number of hydrogen-bond acceptors (Lipinski definition) is 3. The Kier molecular flexibility index (Phi) is 3.20. The van der Waals surface area contributed by atoms with Crippen molar-refractivity contribution in [3.05, 3.63) is 22.5 Å². The molecule has 1 aromatic rings. The fourth-order valence-corrected chi connectivity index (χ4v) is 1.23. The third kappa shape index (κ3) is 1.91. The normalized spacial score (nSPS) is 10.2.